The van der Waals surface area contributed by atoms with Crippen molar-refractivity contribution in [2.24, 2.45) is 0 Å². The fourth-order valence-electron chi connectivity index (χ4n) is 1.58. The van der Waals surface area contributed by atoms with Crippen LogP contribution in [0, 0.1) is 6.92 Å². The van der Waals surface area contributed by atoms with Crippen molar-refractivity contribution in [3.05, 3.63) is 41.9 Å². The van der Waals surface area contributed by atoms with Crippen LogP contribution in [0.3, 0.4) is 0 Å². The number of aromatic amines is 1. The van der Waals surface area contributed by atoms with E-state index in [1.165, 1.54) is 6.26 Å². The molecule has 0 amide bonds. The zero-order valence-electron chi connectivity index (χ0n) is 10.5. The van der Waals surface area contributed by atoms with Crippen LogP contribution in [-0.4, -0.2) is 26.3 Å². The Bertz CT molecular complexity index is 713. The van der Waals surface area contributed by atoms with Crippen molar-refractivity contribution < 1.29 is 18.5 Å². The van der Waals surface area contributed by atoms with Crippen LogP contribution in [0.4, 0.5) is 0 Å². The number of nitrogens with one attached hydrogen (secondary N) is 1. The summed E-state index contributed by atoms with van der Waals surface area (Å²) in [4.78, 5) is 15.7. The maximum absolute atomic E-state index is 11.8. The number of carbonyl (C=O) groups is 1. The molecule has 0 radical (unpaired) electrons. The van der Waals surface area contributed by atoms with E-state index in [-0.39, 0.29) is 18.2 Å². The zero-order chi connectivity index (χ0) is 13.9. The van der Waals surface area contributed by atoms with Crippen molar-refractivity contribution in [1.29, 1.82) is 0 Å². The Balaban J connectivity index is 1.65. The molecule has 3 aromatic heterocycles. The molecular formula is C12H10N4O4. The molecule has 0 spiro atoms. The number of ether oxygens (including phenoxy) is 1. The largest absolute Gasteiger partial charge is 0.463 e. The molecule has 0 aliphatic heterocycles. The van der Waals surface area contributed by atoms with Gasteiger partial charge in [-0.25, -0.2) is 4.79 Å². The normalized spacial score (nSPS) is 10.7. The predicted octanol–water partition coefficient (Wildman–Crippen LogP) is 1.72. The fraction of sp³-hybridized carbons (Fsp3) is 0.167. The number of aromatic nitrogens is 4. The van der Waals surface area contributed by atoms with Gasteiger partial charge in [0.05, 0.1) is 6.26 Å². The Hall–Kier alpha value is -2.90. The van der Waals surface area contributed by atoms with Crippen molar-refractivity contribution in [2.45, 2.75) is 13.5 Å². The summed E-state index contributed by atoms with van der Waals surface area (Å²) < 4.78 is 15.0. The number of hydrogen-bond acceptors (Lipinski definition) is 7. The van der Waals surface area contributed by atoms with E-state index in [2.05, 4.69) is 20.3 Å². The van der Waals surface area contributed by atoms with E-state index in [9.17, 15) is 4.79 Å². The van der Waals surface area contributed by atoms with E-state index in [0.29, 0.717) is 17.3 Å². The number of esters is 1. The van der Waals surface area contributed by atoms with Crippen LogP contribution in [0.1, 0.15) is 22.2 Å². The molecule has 102 valence electrons. The highest BCUT2D eigenvalue weighted by molar-refractivity contribution is 5.88. The Labute approximate surface area is 112 Å². The van der Waals surface area contributed by atoms with Gasteiger partial charge in [0.25, 0.3) is 5.89 Å². The SMILES string of the molecule is Cc1noc(COC(=O)c2cc(-c3ccco3)n[nH]2)n1. The Morgan fingerprint density at radius 1 is 1.50 bits per heavy atom. The van der Waals surface area contributed by atoms with Crippen molar-refractivity contribution in [3.8, 4) is 11.5 Å². The van der Waals surface area contributed by atoms with E-state index < -0.39 is 5.97 Å². The van der Waals surface area contributed by atoms with Crippen LogP contribution < -0.4 is 0 Å². The molecule has 0 saturated carbocycles. The summed E-state index contributed by atoms with van der Waals surface area (Å²) in [6, 6.07) is 5.02. The average Bonchev–Trinajstić information content (AvgIpc) is 3.16. The molecule has 0 aliphatic carbocycles. The molecule has 8 heteroatoms. The van der Waals surface area contributed by atoms with Gasteiger partial charge in [-0.2, -0.15) is 10.1 Å². The first-order valence-electron chi connectivity index (χ1n) is 5.78. The monoisotopic (exact) mass is 274 g/mol. The molecule has 20 heavy (non-hydrogen) atoms. The van der Waals surface area contributed by atoms with Gasteiger partial charge in [-0.3, -0.25) is 5.10 Å². The van der Waals surface area contributed by atoms with Gasteiger partial charge < -0.3 is 13.7 Å². The summed E-state index contributed by atoms with van der Waals surface area (Å²) >= 11 is 0. The van der Waals surface area contributed by atoms with Gasteiger partial charge in [0.2, 0.25) is 0 Å². The first-order valence-corrected chi connectivity index (χ1v) is 5.78. The molecule has 0 aliphatic rings. The number of nitrogens with zero attached hydrogens (tertiary/aromatic N) is 3. The van der Waals surface area contributed by atoms with Gasteiger partial charge in [-0.15, -0.1) is 0 Å². The number of aryl methyl sites for hydroxylation is 1. The van der Waals surface area contributed by atoms with Crippen LogP contribution in [0.5, 0.6) is 0 Å². The maximum atomic E-state index is 11.8. The summed E-state index contributed by atoms with van der Waals surface area (Å²) in [6.45, 7) is 1.59. The highest BCUT2D eigenvalue weighted by atomic mass is 16.6. The molecule has 0 saturated heterocycles. The van der Waals surface area contributed by atoms with Crippen molar-refractivity contribution in [1.82, 2.24) is 20.3 Å². The standard InChI is InChI=1S/C12H10N4O4/c1-7-13-11(20-16-7)6-19-12(17)9-5-8(14-15-9)10-3-2-4-18-10/h2-5H,6H2,1H3,(H,14,15). The van der Waals surface area contributed by atoms with E-state index in [4.69, 9.17) is 13.7 Å². The van der Waals surface area contributed by atoms with Gasteiger partial charge in [0.1, 0.15) is 11.4 Å². The van der Waals surface area contributed by atoms with Crippen LogP contribution in [0.2, 0.25) is 0 Å². The summed E-state index contributed by atoms with van der Waals surface area (Å²) in [5, 5.41) is 10.1. The zero-order valence-corrected chi connectivity index (χ0v) is 10.5. The Morgan fingerprint density at radius 3 is 3.10 bits per heavy atom. The second-order valence-corrected chi connectivity index (χ2v) is 3.96. The first kappa shape index (κ1) is 12.2. The van der Waals surface area contributed by atoms with Crippen molar-refractivity contribution in [2.75, 3.05) is 0 Å². The van der Waals surface area contributed by atoms with Crippen LogP contribution in [0.25, 0.3) is 11.5 Å². The van der Waals surface area contributed by atoms with E-state index >= 15 is 0 Å². The van der Waals surface area contributed by atoms with Crippen LogP contribution in [-0.2, 0) is 11.3 Å². The van der Waals surface area contributed by atoms with Crippen molar-refractivity contribution >= 4 is 5.97 Å². The van der Waals surface area contributed by atoms with Gasteiger partial charge in [-0.05, 0) is 19.1 Å². The first-order chi connectivity index (χ1) is 9.72. The topological polar surface area (TPSA) is 107 Å². The lowest BCUT2D eigenvalue weighted by Crippen LogP contribution is -2.05. The minimum Gasteiger partial charge on any atom is -0.463 e. The lowest BCUT2D eigenvalue weighted by Gasteiger charge is -1.97. The molecule has 1 N–H and O–H groups in total. The lowest BCUT2D eigenvalue weighted by atomic mass is 10.3. The highest BCUT2D eigenvalue weighted by Crippen LogP contribution is 2.18. The molecule has 0 bridgehead atoms. The number of hydrogen-bond donors (Lipinski definition) is 1. The summed E-state index contributed by atoms with van der Waals surface area (Å²) in [7, 11) is 0. The second kappa shape index (κ2) is 5.00. The molecule has 3 heterocycles. The molecule has 8 nitrogen and oxygen atoms in total. The third-order valence-corrected chi connectivity index (χ3v) is 2.47. The second-order valence-electron chi connectivity index (χ2n) is 3.96. The average molecular weight is 274 g/mol. The number of carbonyl (C=O) groups excluding carboxylic acids is 1. The minimum absolute atomic E-state index is 0.0885. The van der Waals surface area contributed by atoms with Crippen LogP contribution in [0.15, 0.2) is 33.4 Å². The smallest absolute Gasteiger partial charge is 0.356 e. The van der Waals surface area contributed by atoms with E-state index in [0.717, 1.165) is 0 Å². The molecule has 0 fully saturated rings. The molecular weight excluding hydrogens is 264 g/mol. The Morgan fingerprint density at radius 2 is 2.40 bits per heavy atom. The number of furan rings is 1. The summed E-state index contributed by atoms with van der Waals surface area (Å²) in [6.07, 6.45) is 1.53. The summed E-state index contributed by atoms with van der Waals surface area (Å²) in [5.74, 6) is 0.721. The third kappa shape index (κ3) is 2.44. The maximum Gasteiger partial charge on any atom is 0.356 e. The molecule has 0 aromatic carbocycles. The lowest BCUT2D eigenvalue weighted by molar-refractivity contribution is 0.0423. The number of rotatable bonds is 4. The molecule has 0 atom stereocenters. The highest BCUT2D eigenvalue weighted by Gasteiger charge is 2.15. The predicted molar refractivity (Wildman–Crippen MR) is 64.4 cm³/mol. The summed E-state index contributed by atoms with van der Waals surface area (Å²) in [5.41, 5.74) is 0.739. The molecule has 0 unspecified atom stereocenters. The van der Waals surface area contributed by atoms with E-state index in [1.807, 2.05) is 0 Å². The minimum atomic E-state index is -0.564. The Kier molecular flexibility index (Phi) is 3.04. The van der Waals surface area contributed by atoms with Gasteiger partial charge in [-0.1, -0.05) is 5.16 Å². The van der Waals surface area contributed by atoms with Gasteiger partial charge in [0.15, 0.2) is 18.2 Å². The van der Waals surface area contributed by atoms with Gasteiger partial charge >= 0.3 is 5.97 Å². The van der Waals surface area contributed by atoms with Crippen molar-refractivity contribution in [3.63, 3.8) is 0 Å². The fourth-order valence-corrected chi connectivity index (χ4v) is 1.58. The van der Waals surface area contributed by atoms with Gasteiger partial charge in [0, 0.05) is 6.07 Å². The molecule has 3 rings (SSSR count). The van der Waals surface area contributed by atoms with Crippen LogP contribution >= 0.6 is 0 Å². The molecule has 3 aromatic rings. The third-order valence-electron chi connectivity index (χ3n) is 2.47. The van der Waals surface area contributed by atoms with E-state index in [1.54, 1.807) is 25.1 Å². The number of H-pyrrole nitrogens is 1. The quantitative estimate of drug-likeness (QED) is 0.721.